The molecule has 4 heteroatoms. The fourth-order valence-corrected chi connectivity index (χ4v) is 0.812. The molecule has 0 spiro atoms. The van der Waals surface area contributed by atoms with Gasteiger partial charge in [0.05, 0.1) is 6.33 Å². The van der Waals surface area contributed by atoms with E-state index in [1.165, 1.54) is 0 Å². The number of aromatic nitrogens is 3. The summed E-state index contributed by atoms with van der Waals surface area (Å²) >= 11 is 0. The number of hydrogen-bond acceptors (Lipinski definition) is 3. The molecule has 2 heterocycles. The van der Waals surface area contributed by atoms with Crippen LogP contribution in [0.2, 0.25) is 0 Å². The standard InChI is InChI=1S/C6H5N3O/c1-2-4-5-6(10-9-4)8-3-7-5/h2-3H,1H2,(H,7,8). The van der Waals surface area contributed by atoms with Gasteiger partial charge in [-0.1, -0.05) is 11.7 Å². The lowest BCUT2D eigenvalue weighted by atomic mass is 10.4. The molecule has 0 aliphatic carbocycles. The first-order valence-corrected chi connectivity index (χ1v) is 2.83. The Labute approximate surface area is 56.5 Å². The number of hydrogen-bond donors (Lipinski definition) is 1. The maximum absolute atomic E-state index is 4.82. The van der Waals surface area contributed by atoms with E-state index in [-0.39, 0.29) is 0 Å². The monoisotopic (exact) mass is 135 g/mol. The van der Waals surface area contributed by atoms with Gasteiger partial charge in [0, 0.05) is 0 Å². The Morgan fingerprint density at radius 2 is 2.60 bits per heavy atom. The van der Waals surface area contributed by atoms with Gasteiger partial charge in [-0.3, -0.25) is 0 Å². The molecular weight excluding hydrogens is 130 g/mol. The minimum absolute atomic E-state index is 0.523. The normalized spacial score (nSPS) is 10.4. The van der Waals surface area contributed by atoms with Crippen LogP contribution in [-0.4, -0.2) is 15.1 Å². The number of imidazole rings is 1. The number of fused-ring (bicyclic) bond motifs is 1. The van der Waals surface area contributed by atoms with Crippen LogP contribution in [0.15, 0.2) is 17.4 Å². The first kappa shape index (κ1) is 5.22. The van der Waals surface area contributed by atoms with Crippen molar-refractivity contribution in [2.24, 2.45) is 0 Å². The maximum atomic E-state index is 4.82. The van der Waals surface area contributed by atoms with E-state index in [9.17, 15) is 0 Å². The minimum Gasteiger partial charge on any atom is -0.340 e. The van der Waals surface area contributed by atoms with Crippen molar-refractivity contribution < 1.29 is 4.52 Å². The van der Waals surface area contributed by atoms with Gasteiger partial charge in [-0.05, 0) is 6.08 Å². The van der Waals surface area contributed by atoms with Gasteiger partial charge in [0.2, 0.25) is 0 Å². The van der Waals surface area contributed by atoms with Crippen molar-refractivity contribution in [3.8, 4) is 0 Å². The van der Waals surface area contributed by atoms with Crippen LogP contribution in [0.3, 0.4) is 0 Å². The molecule has 50 valence electrons. The SMILES string of the molecule is C=Cc1noc2nc[nH]c12. The van der Waals surface area contributed by atoms with E-state index in [1.54, 1.807) is 12.4 Å². The molecule has 0 aliphatic rings. The quantitative estimate of drug-likeness (QED) is 0.639. The predicted octanol–water partition coefficient (Wildman–Crippen LogP) is 1.19. The molecule has 0 bridgehead atoms. The van der Waals surface area contributed by atoms with E-state index in [2.05, 4.69) is 21.7 Å². The Kier molecular flexibility index (Phi) is 0.887. The molecule has 2 rings (SSSR count). The van der Waals surface area contributed by atoms with Gasteiger partial charge in [0.15, 0.2) is 0 Å². The van der Waals surface area contributed by atoms with Crippen molar-refractivity contribution in [1.29, 1.82) is 0 Å². The van der Waals surface area contributed by atoms with Crippen LogP contribution in [0.1, 0.15) is 5.69 Å². The Morgan fingerprint density at radius 3 is 3.40 bits per heavy atom. The highest BCUT2D eigenvalue weighted by molar-refractivity contribution is 5.77. The molecule has 1 N–H and O–H groups in total. The lowest BCUT2D eigenvalue weighted by Crippen LogP contribution is -1.68. The van der Waals surface area contributed by atoms with Gasteiger partial charge in [-0.2, -0.15) is 4.98 Å². The molecule has 0 radical (unpaired) electrons. The summed E-state index contributed by atoms with van der Waals surface area (Å²) < 4.78 is 4.82. The van der Waals surface area contributed by atoms with Crippen molar-refractivity contribution in [1.82, 2.24) is 15.1 Å². The first-order valence-electron chi connectivity index (χ1n) is 2.83. The summed E-state index contributed by atoms with van der Waals surface area (Å²) in [5.41, 5.74) is 2.03. The molecule has 0 saturated heterocycles. The highest BCUT2D eigenvalue weighted by atomic mass is 16.5. The molecule has 0 fully saturated rings. The summed E-state index contributed by atoms with van der Waals surface area (Å²) in [4.78, 5) is 6.74. The second kappa shape index (κ2) is 1.70. The Hall–Kier alpha value is -1.58. The van der Waals surface area contributed by atoms with Gasteiger partial charge < -0.3 is 9.51 Å². The van der Waals surface area contributed by atoms with E-state index >= 15 is 0 Å². The van der Waals surface area contributed by atoms with Crippen molar-refractivity contribution in [2.75, 3.05) is 0 Å². The Morgan fingerprint density at radius 1 is 1.70 bits per heavy atom. The first-order chi connectivity index (χ1) is 4.92. The number of rotatable bonds is 1. The van der Waals surface area contributed by atoms with E-state index < -0.39 is 0 Å². The molecule has 2 aromatic rings. The van der Waals surface area contributed by atoms with E-state index in [0.29, 0.717) is 11.4 Å². The molecule has 0 aliphatic heterocycles. The highest BCUT2D eigenvalue weighted by Crippen LogP contribution is 2.13. The van der Waals surface area contributed by atoms with Crippen LogP contribution in [0.25, 0.3) is 17.3 Å². The molecule has 4 nitrogen and oxygen atoms in total. The number of nitrogens with zero attached hydrogens (tertiary/aromatic N) is 2. The van der Waals surface area contributed by atoms with Gasteiger partial charge in [-0.15, -0.1) is 0 Å². The average molecular weight is 135 g/mol. The zero-order valence-electron chi connectivity index (χ0n) is 5.16. The predicted molar refractivity (Wildman–Crippen MR) is 36.2 cm³/mol. The molecule has 0 saturated carbocycles. The van der Waals surface area contributed by atoms with Crippen LogP contribution in [0.4, 0.5) is 0 Å². The third kappa shape index (κ3) is 0.500. The smallest absolute Gasteiger partial charge is 0.276 e. The zero-order valence-corrected chi connectivity index (χ0v) is 5.16. The molecule has 0 amide bonds. The number of H-pyrrole nitrogens is 1. The fourth-order valence-electron chi connectivity index (χ4n) is 0.812. The topological polar surface area (TPSA) is 54.7 Å². The maximum Gasteiger partial charge on any atom is 0.276 e. The van der Waals surface area contributed by atoms with Gasteiger partial charge in [0.1, 0.15) is 11.2 Å². The fraction of sp³-hybridized carbons (Fsp3) is 0. The Bertz CT molecular complexity index is 360. The average Bonchev–Trinajstić information content (AvgIpc) is 2.44. The van der Waals surface area contributed by atoms with Gasteiger partial charge in [-0.25, -0.2) is 0 Å². The van der Waals surface area contributed by atoms with Crippen LogP contribution in [0.5, 0.6) is 0 Å². The van der Waals surface area contributed by atoms with Crippen LogP contribution >= 0.6 is 0 Å². The second-order valence-electron chi connectivity index (χ2n) is 1.85. The van der Waals surface area contributed by atoms with Crippen molar-refractivity contribution >= 4 is 17.3 Å². The zero-order chi connectivity index (χ0) is 6.97. The van der Waals surface area contributed by atoms with E-state index in [0.717, 1.165) is 5.52 Å². The second-order valence-corrected chi connectivity index (χ2v) is 1.85. The van der Waals surface area contributed by atoms with Crippen molar-refractivity contribution in [3.63, 3.8) is 0 Å². The number of aromatic amines is 1. The van der Waals surface area contributed by atoms with Gasteiger partial charge in [0.25, 0.3) is 5.71 Å². The lowest BCUT2D eigenvalue weighted by Gasteiger charge is -1.74. The third-order valence-electron chi connectivity index (χ3n) is 1.28. The van der Waals surface area contributed by atoms with Crippen LogP contribution in [0, 0.1) is 0 Å². The molecular formula is C6H5N3O. The van der Waals surface area contributed by atoms with Crippen molar-refractivity contribution in [3.05, 3.63) is 18.6 Å². The van der Waals surface area contributed by atoms with E-state index in [1.807, 2.05) is 0 Å². The molecule has 0 aromatic carbocycles. The summed E-state index contributed by atoms with van der Waals surface area (Å²) in [6.07, 6.45) is 3.17. The largest absolute Gasteiger partial charge is 0.340 e. The number of nitrogens with one attached hydrogen (secondary N) is 1. The summed E-state index contributed by atoms with van der Waals surface area (Å²) in [5, 5.41) is 3.69. The molecule has 0 atom stereocenters. The molecule has 0 unspecified atom stereocenters. The lowest BCUT2D eigenvalue weighted by molar-refractivity contribution is 0.447. The Balaban J connectivity index is 2.88. The van der Waals surface area contributed by atoms with E-state index in [4.69, 9.17) is 4.52 Å². The van der Waals surface area contributed by atoms with Crippen LogP contribution in [-0.2, 0) is 0 Å². The highest BCUT2D eigenvalue weighted by Gasteiger charge is 2.05. The van der Waals surface area contributed by atoms with Crippen LogP contribution < -0.4 is 0 Å². The summed E-state index contributed by atoms with van der Waals surface area (Å²) in [6, 6.07) is 0. The van der Waals surface area contributed by atoms with Gasteiger partial charge >= 0.3 is 0 Å². The summed E-state index contributed by atoms with van der Waals surface area (Å²) in [6.45, 7) is 3.56. The van der Waals surface area contributed by atoms with Crippen molar-refractivity contribution in [2.45, 2.75) is 0 Å². The summed E-state index contributed by atoms with van der Waals surface area (Å²) in [7, 11) is 0. The minimum atomic E-state index is 0.523. The molecule has 10 heavy (non-hydrogen) atoms. The third-order valence-corrected chi connectivity index (χ3v) is 1.28. The molecule has 2 aromatic heterocycles. The summed E-state index contributed by atoms with van der Waals surface area (Å²) in [5.74, 6) is 0.